The van der Waals surface area contributed by atoms with E-state index in [1.807, 2.05) is 6.92 Å². The van der Waals surface area contributed by atoms with E-state index in [1.165, 1.54) is 4.68 Å². The highest BCUT2D eigenvalue weighted by Gasteiger charge is 2.08. The molecule has 1 rings (SSSR count). The van der Waals surface area contributed by atoms with Gasteiger partial charge in [-0.3, -0.25) is 4.79 Å². The van der Waals surface area contributed by atoms with Gasteiger partial charge in [0, 0.05) is 13.1 Å². The normalized spacial score (nSPS) is 10.8. The molecule has 0 aromatic carbocycles. The van der Waals surface area contributed by atoms with Crippen molar-refractivity contribution < 1.29 is 0 Å². The van der Waals surface area contributed by atoms with Crippen molar-refractivity contribution in [3.05, 3.63) is 21.6 Å². The molecule has 0 saturated carbocycles. The summed E-state index contributed by atoms with van der Waals surface area (Å²) in [6.07, 6.45) is 2.48. The lowest BCUT2D eigenvalue weighted by Gasteiger charge is -2.11. The van der Waals surface area contributed by atoms with Gasteiger partial charge >= 0.3 is 0 Å². The zero-order chi connectivity index (χ0) is 12.1. The van der Waals surface area contributed by atoms with Gasteiger partial charge in [0.25, 0.3) is 5.56 Å². The third kappa shape index (κ3) is 3.23. The predicted octanol–water partition coefficient (Wildman–Crippen LogP) is 2.37. The zero-order valence-corrected chi connectivity index (χ0v) is 10.7. The van der Waals surface area contributed by atoms with E-state index in [0.717, 1.165) is 13.0 Å². The Balaban J connectivity index is 2.89. The molecule has 0 radical (unpaired) electrons. The molecule has 4 nitrogen and oxygen atoms in total. The van der Waals surface area contributed by atoms with Crippen molar-refractivity contribution in [1.82, 2.24) is 9.78 Å². The van der Waals surface area contributed by atoms with Gasteiger partial charge in [0.15, 0.2) is 0 Å². The van der Waals surface area contributed by atoms with Gasteiger partial charge in [0.05, 0.1) is 11.9 Å². The first-order valence-electron chi connectivity index (χ1n) is 5.55. The molecule has 1 N–H and O–H groups in total. The Morgan fingerprint density at radius 2 is 2.25 bits per heavy atom. The molecule has 0 fully saturated rings. The molecule has 1 heterocycles. The minimum atomic E-state index is -0.225. The predicted molar refractivity (Wildman–Crippen MR) is 67.1 cm³/mol. The zero-order valence-electron chi connectivity index (χ0n) is 9.96. The summed E-state index contributed by atoms with van der Waals surface area (Å²) < 4.78 is 1.39. The molecule has 0 bridgehead atoms. The van der Waals surface area contributed by atoms with Crippen LogP contribution in [0.3, 0.4) is 0 Å². The molecular weight excluding hydrogens is 226 g/mol. The first kappa shape index (κ1) is 13.0. The van der Waals surface area contributed by atoms with Crippen molar-refractivity contribution in [2.24, 2.45) is 5.92 Å². The fourth-order valence-corrected chi connectivity index (χ4v) is 1.49. The number of hydrogen-bond acceptors (Lipinski definition) is 3. The minimum absolute atomic E-state index is 0.225. The fraction of sp³-hybridized carbons (Fsp3) is 0.636. The van der Waals surface area contributed by atoms with Gasteiger partial charge in [0.1, 0.15) is 5.02 Å². The van der Waals surface area contributed by atoms with Crippen LogP contribution in [0, 0.1) is 5.92 Å². The maximum atomic E-state index is 11.8. The first-order chi connectivity index (χ1) is 7.56. The maximum Gasteiger partial charge on any atom is 0.287 e. The number of hydrogen-bond donors (Lipinski definition) is 1. The van der Waals surface area contributed by atoms with Crippen molar-refractivity contribution >= 4 is 17.3 Å². The van der Waals surface area contributed by atoms with E-state index in [-0.39, 0.29) is 10.6 Å². The van der Waals surface area contributed by atoms with Crippen molar-refractivity contribution in [3.63, 3.8) is 0 Å². The second-order valence-electron chi connectivity index (χ2n) is 4.18. The molecule has 5 heteroatoms. The largest absolute Gasteiger partial charge is 0.382 e. The van der Waals surface area contributed by atoms with Gasteiger partial charge in [-0.05, 0) is 12.3 Å². The van der Waals surface area contributed by atoms with Crippen molar-refractivity contribution in [2.45, 2.75) is 33.7 Å². The van der Waals surface area contributed by atoms with Gasteiger partial charge in [-0.2, -0.15) is 5.10 Å². The highest BCUT2D eigenvalue weighted by molar-refractivity contribution is 6.32. The third-order valence-electron chi connectivity index (χ3n) is 2.12. The standard InChI is InChI=1S/C11H18ClN3O/c1-4-5-15-11(16)10(12)9(7-14-15)13-6-8(2)3/h7-8,13H,4-6H2,1-3H3. The van der Waals surface area contributed by atoms with Crippen LogP contribution >= 0.6 is 11.6 Å². The van der Waals surface area contributed by atoms with Crippen LogP contribution in [0.1, 0.15) is 27.2 Å². The average molecular weight is 244 g/mol. The van der Waals surface area contributed by atoms with E-state index >= 15 is 0 Å². The summed E-state index contributed by atoms with van der Waals surface area (Å²) in [5.41, 5.74) is 0.394. The molecule has 0 aliphatic heterocycles. The Hall–Kier alpha value is -1.03. The van der Waals surface area contributed by atoms with Crippen LogP contribution < -0.4 is 10.9 Å². The summed E-state index contributed by atoms with van der Waals surface area (Å²) in [6, 6.07) is 0. The molecule has 0 amide bonds. The van der Waals surface area contributed by atoms with Gasteiger partial charge in [0.2, 0.25) is 0 Å². The molecule has 0 aliphatic rings. The summed E-state index contributed by atoms with van der Waals surface area (Å²) in [7, 11) is 0. The molecule has 0 spiro atoms. The van der Waals surface area contributed by atoms with Crippen LogP contribution in [0.15, 0.2) is 11.0 Å². The highest BCUT2D eigenvalue weighted by Crippen LogP contribution is 2.15. The average Bonchev–Trinajstić information content (AvgIpc) is 2.24. The van der Waals surface area contributed by atoms with E-state index in [1.54, 1.807) is 6.20 Å². The van der Waals surface area contributed by atoms with Gasteiger partial charge in [-0.1, -0.05) is 32.4 Å². The lowest BCUT2D eigenvalue weighted by molar-refractivity contribution is 0.568. The second-order valence-corrected chi connectivity index (χ2v) is 4.55. The molecule has 0 atom stereocenters. The minimum Gasteiger partial charge on any atom is -0.382 e. The molecule has 1 aromatic heterocycles. The molecule has 0 aliphatic carbocycles. The van der Waals surface area contributed by atoms with Crippen LogP contribution in [0.25, 0.3) is 0 Å². The fourth-order valence-electron chi connectivity index (χ4n) is 1.27. The van der Waals surface area contributed by atoms with Crippen molar-refractivity contribution in [3.8, 4) is 0 Å². The SMILES string of the molecule is CCCn1ncc(NCC(C)C)c(Cl)c1=O. The van der Waals surface area contributed by atoms with E-state index in [4.69, 9.17) is 11.6 Å². The van der Waals surface area contributed by atoms with Crippen LogP contribution in [0.5, 0.6) is 0 Å². The highest BCUT2D eigenvalue weighted by atomic mass is 35.5. The summed E-state index contributed by atoms with van der Waals surface area (Å²) in [4.78, 5) is 11.8. The number of nitrogens with zero attached hydrogens (tertiary/aromatic N) is 2. The van der Waals surface area contributed by atoms with E-state index in [9.17, 15) is 4.79 Å². The quantitative estimate of drug-likeness (QED) is 0.864. The summed E-state index contributed by atoms with van der Waals surface area (Å²) >= 11 is 5.98. The van der Waals surface area contributed by atoms with Gasteiger partial charge < -0.3 is 5.32 Å². The Bertz CT molecular complexity index is 401. The molecule has 90 valence electrons. The van der Waals surface area contributed by atoms with Crippen LogP contribution in [-0.4, -0.2) is 16.3 Å². The third-order valence-corrected chi connectivity index (χ3v) is 2.49. The summed E-state index contributed by atoms with van der Waals surface area (Å²) in [6.45, 7) is 7.55. The van der Waals surface area contributed by atoms with Crippen LogP contribution in [0.4, 0.5) is 5.69 Å². The Morgan fingerprint density at radius 3 is 2.81 bits per heavy atom. The topological polar surface area (TPSA) is 46.9 Å². The monoisotopic (exact) mass is 243 g/mol. The lowest BCUT2D eigenvalue weighted by Crippen LogP contribution is -2.24. The van der Waals surface area contributed by atoms with Gasteiger partial charge in [-0.15, -0.1) is 0 Å². The van der Waals surface area contributed by atoms with Crippen LogP contribution in [0.2, 0.25) is 5.02 Å². The molecule has 0 saturated heterocycles. The number of aromatic nitrogens is 2. The van der Waals surface area contributed by atoms with E-state index in [2.05, 4.69) is 24.3 Å². The Labute approximate surface area is 101 Å². The number of nitrogens with one attached hydrogen (secondary N) is 1. The number of aryl methyl sites for hydroxylation is 1. The first-order valence-corrected chi connectivity index (χ1v) is 5.93. The van der Waals surface area contributed by atoms with Crippen molar-refractivity contribution in [2.75, 3.05) is 11.9 Å². The number of rotatable bonds is 5. The van der Waals surface area contributed by atoms with E-state index in [0.29, 0.717) is 18.2 Å². The summed E-state index contributed by atoms with van der Waals surface area (Å²) in [5, 5.41) is 7.40. The molecule has 16 heavy (non-hydrogen) atoms. The maximum absolute atomic E-state index is 11.8. The smallest absolute Gasteiger partial charge is 0.287 e. The Kier molecular flexibility index (Phi) is 4.80. The molecule has 1 aromatic rings. The number of anilines is 1. The number of halogens is 1. The van der Waals surface area contributed by atoms with Crippen LogP contribution in [-0.2, 0) is 6.54 Å². The second kappa shape index (κ2) is 5.89. The van der Waals surface area contributed by atoms with Crippen molar-refractivity contribution in [1.29, 1.82) is 0 Å². The van der Waals surface area contributed by atoms with E-state index < -0.39 is 0 Å². The molecular formula is C11H18ClN3O. The molecule has 0 unspecified atom stereocenters. The Morgan fingerprint density at radius 1 is 1.56 bits per heavy atom. The van der Waals surface area contributed by atoms with Gasteiger partial charge in [-0.25, -0.2) is 4.68 Å². The summed E-state index contributed by atoms with van der Waals surface area (Å²) in [5.74, 6) is 0.495. The lowest BCUT2D eigenvalue weighted by atomic mass is 10.2.